The van der Waals surface area contributed by atoms with Crippen LogP contribution in [0.4, 0.5) is 9.18 Å². The molecule has 0 bridgehead atoms. The summed E-state index contributed by atoms with van der Waals surface area (Å²) in [6, 6.07) is 4.57. The Morgan fingerprint density at radius 2 is 1.91 bits per heavy atom. The maximum Gasteiger partial charge on any atom is 0.407 e. The van der Waals surface area contributed by atoms with E-state index in [9.17, 15) is 23.6 Å². The first-order valence-corrected chi connectivity index (χ1v) is 11.2. The zero-order valence-electron chi connectivity index (χ0n) is 18.2. The first-order chi connectivity index (χ1) is 15.8. The van der Waals surface area contributed by atoms with Gasteiger partial charge in [-0.2, -0.15) is 0 Å². The van der Waals surface area contributed by atoms with Crippen LogP contribution in [0.5, 0.6) is 0 Å². The number of alkyl halides is 1. The van der Waals surface area contributed by atoms with Gasteiger partial charge in [-0.1, -0.05) is 12.1 Å². The first-order valence-electron chi connectivity index (χ1n) is 11.2. The first kappa shape index (κ1) is 21.6. The minimum absolute atomic E-state index is 0.0987. The van der Waals surface area contributed by atoms with Crippen LogP contribution in [-0.4, -0.2) is 80.3 Å². The van der Waals surface area contributed by atoms with Crippen LogP contribution in [0.3, 0.4) is 0 Å². The van der Waals surface area contributed by atoms with Gasteiger partial charge in [0, 0.05) is 45.1 Å². The normalized spacial score (nSPS) is 27.0. The fourth-order valence-electron chi connectivity index (χ4n) is 5.49. The number of piperidine rings is 2. The number of carbonyl (C=O) groups is 3. The minimum atomic E-state index is -1.23. The molecule has 1 aromatic carbocycles. The predicted octanol–water partition coefficient (Wildman–Crippen LogP) is 0.807. The number of carbonyl (C=O) groups excluding carboxylic acids is 2. The summed E-state index contributed by atoms with van der Waals surface area (Å²) >= 11 is 0. The van der Waals surface area contributed by atoms with Crippen molar-refractivity contribution in [2.24, 2.45) is 7.05 Å². The molecule has 0 spiro atoms. The van der Waals surface area contributed by atoms with Crippen molar-refractivity contribution < 1.29 is 23.9 Å². The average molecular weight is 459 g/mol. The summed E-state index contributed by atoms with van der Waals surface area (Å²) in [7, 11) is 1.67. The molecule has 11 heteroatoms. The number of aryl methyl sites for hydroxylation is 1. The highest BCUT2D eigenvalue weighted by Crippen LogP contribution is 2.36. The molecule has 1 aromatic heterocycles. The second kappa shape index (κ2) is 7.98. The van der Waals surface area contributed by atoms with E-state index in [1.165, 1.54) is 4.57 Å². The third kappa shape index (κ3) is 3.50. The molecule has 2 N–H and O–H groups in total. The van der Waals surface area contributed by atoms with Crippen molar-refractivity contribution >= 4 is 28.9 Å². The van der Waals surface area contributed by atoms with Gasteiger partial charge in [-0.25, -0.2) is 14.0 Å². The van der Waals surface area contributed by atoms with E-state index in [-0.39, 0.29) is 42.9 Å². The summed E-state index contributed by atoms with van der Waals surface area (Å²) in [5.74, 6) is -0.704. The van der Waals surface area contributed by atoms with E-state index in [0.29, 0.717) is 31.6 Å². The molecule has 2 aromatic rings. The third-order valence-electron chi connectivity index (χ3n) is 7.25. The Kier molecular flexibility index (Phi) is 5.23. The molecular weight excluding hydrogens is 433 g/mol. The second-order valence-corrected chi connectivity index (χ2v) is 9.14. The van der Waals surface area contributed by atoms with Crippen molar-refractivity contribution in [2.45, 2.75) is 43.4 Å². The molecule has 3 fully saturated rings. The number of halogens is 1. The number of hydrogen-bond donors (Lipinski definition) is 2. The highest BCUT2D eigenvalue weighted by molar-refractivity contribution is 6.00. The molecule has 176 valence electrons. The van der Waals surface area contributed by atoms with E-state index >= 15 is 0 Å². The SMILES string of the molecule is Cn1c(=O)n(C2CCC(=O)NC2=O)c2cccc(C3CN([C@@H]4CCN(C(=O)O)C[C@H]4F)C3)c21. The predicted molar refractivity (Wildman–Crippen MR) is 116 cm³/mol. The number of imide groups is 1. The Balaban J connectivity index is 1.39. The van der Waals surface area contributed by atoms with E-state index in [2.05, 4.69) is 5.32 Å². The standard InChI is InChI=1S/C22H26FN5O5/c1-25-19-13(12-9-27(10-12)15-7-8-26(22(32)33)11-14(15)23)3-2-4-16(19)28(21(25)31)17-5-6-18(29)24-20(17)30/h2-4,12,14-15,17H,5-11H2,1H3,(H,32,33)(H,24,29,30)/t14-,15-,17?/m1/s1. The number of carboxylic acid groups (broad SMARTS) is 1. The average Bonchev–Trinajstić information content (AvgIpc) is 2.99. The highest BCUT2D eigenvalue weighted by Gasteiger charge is 2.42. The third-order valence-corrected chi connectivity index (χ3v) is 7.25. The van der Waals surface area contributed by atoms with Crippen molar-refractivity contribution in [2.75, 3.05) is 26.2 Å². The van der Waals surface area contributed by atoms with Crippen LogP contribution in [0.1, 0.15) is 36.8 Å². The lowest BCUT2D eigenvalue weighted by atomic mass is 9.86. The monoisotopic (exact) mass is 459 g/mol. The van der Waals surface area contributed by atoms with Crippen LogP contribution in [0.2, 0.25) is 0 Å². The highest BCUT2D eigenvalue weighted by atomic mass is 19.1. The Labute approximate surface area is 188 Å². The Bertz CT molecular complexity index is 1200. The van der Waals surface area contributed by atoms with Crippen molar-refractivity contribution in [1.82, 2.24) is 24.3 Å². The number of nitrogens with zero attached hydrogens (tertiary/aromatic N) is 4. The van der Waals surface area contributed by atoms with E-state index < -0.39 is 24.2 Å². The van der Waals surface area contributed by atoms with Crippen LogP contribution in [0.25, 0.3) is 11.0 Å². The van der Waals surface area contributed by atoms with Gasteiger partial charge >= 0.3 is 11.8 Å². The quantitative estimate of drug-likeness (QED) is 0.656. The van der Waals surface area contributed by atoms with Crippen molar-refractivity contribution in [3.05, 3.63) is 34.2 Å². The van der Waals surface area contributed by atoms with Gasteiger partial charge in [-0.15, -0.1) is 0 Å². The van der Waals surface area contributed by atoms with Gasteiger partial charge in [0.05, 0.1) is 17.6 Å². The summed E-state index contributed by atoms with van der Waals surface area (Å²) in [5, 5.41) is 11.4. The second-order valence-electron chi connectivity index (χ2n) is 9.14. The molecule has 1 unspecified atom stereocenters. The largest absolute Gasteiger partial charge is 0.465 e. The van der Waals surface area contributed by atoms with Gasteiger partial charge in [0.25, 0.3) is 0 Å². The summed E-state index contributed by atoms with van der Waals surface area (Å²) in [6.07, 6.45) is -1.41. The Hall–Kier alpha value is -3.21. The lowest BCUT2D eigenvalue weighted by molar-refractivity contribution is -0.135. The molecule has 0 radical (unpaired) electrons. The molecule has 3 amide bonds. The van der Waals surface area contributed by atoms with Gasteiger partial charge in [-0.3, -0.25) is 28.9 Å². The van der Waals surface area contributed by atoms with Gasteiger partial charge in [0.1, 0.15) is 12.2 Å². The lowest BCUT2D eigenvalue weighted by Gasteiger charge is -2.48. The van der Waals surface area contributed by atoms with Crippen LogP contribution >= 0.6 is 0 Å². The van der Waals surface area contributed by atoms with E-state index in [1.807, 2.05) is 17.0 Å². The molecule has 3 saturated heterocycles. The Morgan fingerprint density at radius 1 is 1.15 bits per heavy atom. The summed E-state index contributed by atoms with van der Waals surface area (Å²) in [5.41, 5.74) is 2.04. The summed E-state index contributed by atoms with van der Waals surface area (Å²) in [6.45, 7) is 1.45. The number of benzene rings is 1. The molecule has 10 nitrogen and oxygen atoms in total. The number of para-hydroxylation sites is 1. The zero-order chi connectivity index (χ0) is 23.4. The molecule has 3 aliphatic heterocycles. The van der Waals surface area contributed by atoms with Crippen LogP contribution < -0.4 is 11.0 Å². The van der Waals surface area contributed by atoms with Gasteiger partial charge in [-0.05, 0) is 24.5 Å². The van der Waals surface area contributed by atoms with Crippen molar-refractivity contribution in [3.8, 4) is 0 Å². The number of amides is 3. The fraction of sp³-hybridized carbons (Fsp3) is 0.545. The van der Waals surface area contributed by atoms with E-state index in [1.54, 1.807) is 17.7 Å². The molecule has 0 saturated carbocycles. The fourth-order valence-corrected chi connectivity index (χ4v) is 5.49. The number of likely N-dealkylation sites (tertiary alicyclic amines) is 2. The maximum absolute atomic E-state index is 14.6. The van der Waals surface area contributed by atoms with Crippen LogP contribution in [0, 0.1) is 0 Å². The van der Waals surface area contributed by atoms with Crippen LogP contribution in [-0.2, 0) is 16.6 Å². The van der Waals surface area contributed by atoms with Gasteiger partial charge in [0.2, 0.25) is 11.8 Å². The molecule has 3 aliphatic rings. The number of rotatable bonds is 3. The van der Waals surface area contributed by atoms with Crippen LogP contribution in [0.15, 0.2) is 23.0 Å². The molecule has 5 rings (SSSR count). The number of aromatic nitrogens is 2. The van der Waals surface area contributed by atoms with E-state index in [0.717, 1.165) is 16.0 Å². The van der Waals surface area contributed by atoms with Crippen molar-refractivity contribution in [1.29, 1.82) is 0 Å². The molecule has 33 heavy (non-hydrogen) atoms. The number of hydrogen-bond acceptors (Lipinski definition) is 5. The lowest BCUT2D eigenvalue weighted by Crippen LogP contribution is -2.59. The zero-order valence-corrected chi connectivity index (χ0v) is 18.2. The number of nitrogens with one attached hydrogen (secondary N) is 1. The molecule has 4 heterocycles. The Morgan fingerprint density at radius 3 is 2.58 bits per heavy atom. The molecule has 3 atom stereocenters. The van der Waals surface area contributed by atoms with Gasteiger partial charge < -0.3 is 10.0 Å². The van der Waals surface area contributed by atoms with E-state index in [4.69, 9.17) is 5.11 Å². The number of imidazole rings is 1. The minimum Gasteiger partial charge on any atom is -0.465 e. The molecule has 0 aliphatic carbocycles. The summed E-state index contributed by atoms with van der Waals surface area (Å²) in [4.78, 5) is 51.3. The maximum atomic E-state index is 14.6. The molecular formula is C22H26FN5O5. The smallest absolute Gasteiger partial charge is 0.407 e. The number of fused-ring (bicyclic) bond motifs is 1. The van der Waals surface area contributed by atoms with Gasteiger partial charge in [0.15, 0.2) is 0 Å². The summed E-state index contributed by atoms with van der Waals surface area (Å²) < 4.78 is 17.7. The van der Waals surface area contributed by atoms with Crippen molar-refractivity contribution in [3.63, 3.8) is 0 Å². The topological polar surface area (TPSA) is 117 Å².